The first-order chi connectivity index (χ1) is 8.24. The topological polar surface area (TPSA) is 25.2 Å². The van der Waals surface area contributed by atoms with Gasteiger partial charge in [-0.1, -0.05) is 11.8 Å². The third-order valence-corrected chi connectivity index (χ3v) is 2.88. The molecule has 1 aromatic carbocycles. The molecule has 2 nitrogen and oxygen atoms in total. The summed E-state index contributed by atoms with van der Waals surface area (Å²) >= 11 is 0.547. The van der Waals surface area contributed by atoms with E-state index in [0.29, 0.717) is 23.2 Å². The molecule has 0 amide bonds. The quantitative estimate of drug-likeness (QED) is 0.810. The van der Waals surface area contributed by atoms with Crippen LogP contribution in [0.4, 0.5) is 14.5 Å². The van der Waals surface area contributed by atoms with Crippen LogP contribution in [0.25, 0.3) is 0 Å². The fourth-order valence-corrected chi connectivity index (χ4v) is 1.85. The summed E-state index contributed by atoms with van der Waals surface area (Å²) < 4.78 is 29.1. The van der Waals surface area contributed by atoms with Crippen LogP contribution < -0.4 is 5.32 Å². The smallest absolute Gasteiger partial charge is 0.288 e. The van der Waals surface area contributed by atoms with Gasteiger partial charge >= 0.3 is 0 Å². The number of halogens is 2. The Morgan fingerprint density at radius 1 is 1.18 bits per heavy atom. The summed E-state index contributed by atoms with van der Waals surface area (Å²) in [7, 11) is 0. The zero-order valence-corrected chi connectivity index (χ0v) is 9.71. The molecule has 0 saturated heterocycles. The predicted molar refractivity (Wildman–Crippen MR) is 64.3 cm³/mol. The van der Waals surface area contributed by atoms with E-state index in [2.05, 4.69) is 5.32 Å². The molecule has 2 rings (SSSR count). The zero-order valence-electron chi connectivity index (χ0n) is 8.90. The molecule has 1 N–H and O–H groups in total. The Labute approximate surface area is 102 Å². The Balaban J connectivity index is 1.89. The number of nitrogens with one attached hydrogen (secondary N) is 1. The van der Waals surface area contributed by atoms with E-state index in [9.17, 15) is 8.78 Å². The van der Waals surface area contributed by atoms with Gasteiger partial charge in [-0.25, -0.2) is 0 Å². The van der Waals surface area contributed by atoms with Gasteiger partial charge in [-0.2, -0.15) is 8.78 Å². The van der Waals surface area contributed by atoms with Crippen molar-refractivity contribution in [1.82, 2.24) is 0 Å². The number of benzene rings is 1. The van der Waals surface area contributed by atoms with Crippen molar-refractivity contribution in [3.05, 3.63) is 48.4 Å². The molecule has 0 aliphatic carbocycles. The van der Waals surface area contributed by atoms with Crippen molar-refractivity contribution in [2.75, 3.05) is 5.32 Å². The molecule has 0 radical (unpaired) electrons. The number of hydrogen-bond donors (Lipinski definition) is 1. The first-order valence-corrected chi connectivity index (χ1v) is 5.92. The summed E-state index contributed by atoms with van der Waals surface area (Å²) in [5.41, 5.74) is 1.93. The predicted octanol–water partition coefficient (Wildman–Crippen LogP) is 4.21. The molecule has 17 heavy (non-hydrogen) atoms. The van der Waals surface area contributed by atoms with Crippen molar-refractivity contribution in [2.45, 2.75) is 17.2 Å². The first kappa shape index (κ1) is 12.0. The lowest BCUT2D eigenvalue weighted by atomic mass is 10.3. The number of anilines is 1. The summed E-state index contributed by atoms with van der Waals surface area (Å²) in [5.74, 6) is -2.38. The molecule has 0 spiro atoms. The van der Waals surface area contributed by atoms with Crippen LogP contribution in [-0.4, -0.2) is 5.76 Å². The lowest BCUT2D eigenvalue weighted by Crippen LogP contribution is -1.97. The van der Waals surface area contributed by atoms with Crippen LogP contribution in [-0.2, 0) is 6.54 Å². The highest BCUT2D eigenvalue weighted by Gasteiger charge is 2.04. The summed E-state index contributed by atoms with van der Waals surface area (Å²) in [6.45, 7) is 0.651. The van der Waals surface area contributed by atoms with Crippen molar-refractivity contribution < 1.29 is 13.2 Å². The third-order valence-electron chi connectivity index (χ3n) is 2.16. The Hall–Kier alpha value is -1.49. The van der Waals surface area contributed by atoms with Crippen molar-refractivity contribution in [3.63, 3.8) is 0 Å². The summed E-state index contributed by atoms with van der Waals surface area (Å²) in [6.07, 6.45) is 3.27. The van der Waals surface area contributed by atoms with E-state index < -0.39 is 5.76 Å². The standard InChI is InChI=1S/C12H11F2NOS/c13-12(14)17-11-3-1-10(2-4-11)15-7-9-5-6-16-8-9/h1-6,8,12,15H,7H2. The van der Waals surface area contributed by atoms with E-state index >= 15 is 0 Å². The van der Waals surface area contributed by atoms with E-state index in [1.54, 1.807) is 36.8 Å². The van der Waals surface area contributed by atoms with Gasteiger partial charge in [0.05, 0.1) is 12.5 Å². The number of hydrogen-bond acceptors (Lipinski definition) is 3. The molecule has 90 valence electrons. The normalized spacial score (nSPS) is 10.8. The minimum absolute atomic E-state index is 0.547. The van der Waals surface area contributed by atoms with Crippen molar-refractivity contribution >= 4 is 17.4 Å². The van der Waals surface area contributed by atoms with Gasteiger partial charge in [-0.3, -0.25) is 0 Å². The summed E-state index contributed by atoms with van der Waals surface area (Å²) in [6, 6.07) is 8.78. The second-order valence-electron chi connectivity index (χ2n) is 3.39. The second-order valence-corrected chi connectivity index (χ2v) is 4.45. The van der Waals surface area contributed by atoms with Gasteiger partial charge in [0, 0.05) is 22.7 Å². The largest absolute Gasteiger partial charge is 0.472 e. The molecule has 0 unspecified atom stereocenters. The zero-order chi connectivity index (χ0) is 12.1. The maximum atomic E-state index is 12.1. The highest BCUT2D eigenvalue weighted by Crippen LogP contribution is 2.26. The van der Waals surface area contributed by atoms with Gasteiger partial charge in [-0.05, 0) is 30.3 Å². The molecule has 0 atom stereocenters. The lowest BCUT2D eigenvalue weighted by molar-refractivity contribution is 0.252. The highest BCUT2D eigenvalue weighted by atomic mass is 32.2. The van der Waals surface area contributed by atoms with Gasteiger partial charge in [0.1, 0.15) is 0 Å². The van der Waals surface area contributed by atoms with Crippen molar-refractivity contribution in [1.29, 1.82) is 0 Å². The molecule has 0 bridgehead atoms. The highest BCUT2D eigenvalue weighted by molar-refractivity contribution is 7.99. The van der Waals surface area contributed by atoms with Gasteiger partial charge < -0.3 is 9.73 Å². The fraction of sp³-hybridized carbons (Fsp3) is 0.167. The van der Waals surface area contributed by atoms with Crippen LogP contribution in [0.5, 0.6) is 0 Å². The van der Waals surface area contributed by atoms with Crippen LogP contribution in [0.3, 0.4) is 0 Å². The van der Waals surface area contributed by atoms with Crippen LogP contribution in [0.1, 0.15) is 5.56 Å². The van der Waals surface area contributed by atoms with E-state index in [1.807, 2.05) is 6.07 Å². The SMILES string of the molecule is FC(F)Sc1ccc(NCc2ccoc2)cc1. The first-order valence-electron chi connectivity index (χ1n) is 5.04. The maximum absolute atomic E-state index is 12.1. The summed E-state index contributed by atoms with van der Waals surface area (Å²) in [4.78, 5) is 0.564. The molecule has 0 saturated carbocycles. The number of rotatable bonds is 5. The second kappa shape index (κ2) is 5.72. The van der Waals surface area contributed by atoms with Crippen LogP contribution in [0.15, 0.2) is 52.2 Å². The van der Waals surface area contributed by atoms with Gasteiger partial charge in [-0.15, -0.1) is 0 Å². The molecular formula is C12H11F2NOS. The van der Waals surface area contributed by atoms with E-state index in [0.717, 1.165) is 11.3 Å². The molecule has 0 aliphatic heterocycles. The van der Waals surface area contributed by atoms with E-state index in [1.165, 1.54) is 0 Å². The number of thioether (sulfide) groups is 1. The molecule has 0 fully saturated rings. The number of furan rings is 1. The third kappa shape index (κ3) is 3.78. The van der Waals surface area contributed by atoms with Gasteiger partial charge in [0.25, 0.3) is 5.76 Å². The Morgan fingerprint density at radius 3 is 2.53 bits per heavy atom. The molecule has 1 heterocycles. The van der Waals surface area contributed by atoms with Crippen LogP contribution in [0, 0.1) is 0 Å². The minimum Gasteiger partial charge on any atom is -0.472 e. The van der Waals surface area contributed by atoms with Gasteiger partial charge in [0.15, 0.2) is 0 Å². The molecule has 0 aliphatic rings. The fourth-order valence-electron chi connectivity index (χ4n) is 1.35. The van der Waals surface area contributed by atoms with E-state index in [4.69, 9.17) is 4.42 Å². The van der Waals surface area contributed by atoms with Crippen molar-refractivity contribution in [3.8, 4) is 0 Å². The summed E-state index contributed by atoms with van der Waals surface area (Å²) in [5, 5.41) is 3.17. The van der Waals surface area contributed by atoms with Crippen LogP contribution >= 0.6 is 11.8 Å². The number of alkyl halides is 2. The van der Waals surface area contributed by atoms with E-state index in [-0.39, 0.29) is 0 Å². The average Bonchev–Trinajstić information content (AvgIpc) is 2.80. The monoisotopic (exact) mass is 255 g/mol. The van der Waals surface area contributed by atoms with Crippen molar-refractivity contribution in [2.24, 2.45) is 0 Å². The molecule has 5 heteroatoms. The minimum atomic E-state index is -2.38. The molecular weight excluding hydrogens is 244 g/mol. The molecule has 2 aromatic rings. The maximum Gasteiger partial charge on any atom is 0.288 e. The van der Waals surface area contributed by atoms with Gasteiger partial charge in [0.2, 0.25) is 0 Å². The average molecular weight is 255 g/mol. The lowest BCUT2D eigenvalue weighted by Gasteiger charge is -2.05. The van der Waals surface area contributed by atoms with Crippen LogP contribution in [0.2, 0.25) is 0 Å². The Morgan fingerprint density at radius 2 is 1.94 bits per heavy atom. The Kier molecular flexibility index (Phi) is 4.03. The Bertz CT molecular complexity index is 442. The molecule has 1 aromatic heterocycles.